The smallest absolute Gasteiger partial charge is 0.154 e. The Balaban J connectivity index is -0.0000000852. The molecule has 0 aliphatic heterocycles. The van der Waals surface area contributed by atoms with Gasteiger partial charge >= 0.3 is 0 Å². The molecule has 4 heterocycles. The molecule has 8 rings (SSSR count). The predicted molar refractivity (Wildman–Crippen MR) is 347 cm³/mol. The fourth-order valence-corrected chi connectivity index (χ4v) is 3.91. The number of imidazole rings is 2. The van der Waals surface area contributed by atoms with E-state index in [1.165, 1.54) is 25.7 Å². The van der Waals surface area contributed by atoms with E-state index >= 15 is 0 Å². The Labute approximate surface area is 467 Å². The zero-order valence-electron chi connectivity index (χ0n) is 51.8. The highest BCUT2D eigenvalue weighted by Crippen LogP contribution is 2.04. The summed E-state index contributed by atoms with van der Waals surface area (Å²) in [6.45, 7) is 49.0. The monoisotopic (exact) mass is 1030 g/mol. The SMILES string of the molecule is C.C(#Cc1cnc2cccnn12)c1ccccc1.C(#Cc1cnc2cccnn12)c1ccccc1.CC.CC.CC.CC.CC.CC.CC.CC.CCC.CCC.CCC.CCC.[2HH].c1ccccc1.c1ccccc1. The molecule has 75 heavy (non-hydrogen) atoms. The summed E-state index contributed by atoms with van der Waals surface area (Å²) in [5.41, 5.74) is 5.18. The van der Waals surface area contributed by atoms with Gasteiger partial charge in [0.25, 0.3) is 0 Å². The maximum atomic E-state index is 4.23. The van der Waals surface area contributed by atoms with E-state index in [1.807, 2.05) is 269 Å². The highest BCUT2D eigenvalue weighted by Gasteiger charge is 2.00. The molecule has 0 saturated heterocycles. The zero-order chi connectivity index (χ0) is 58.3. The minimum absolute atomic E-state index is 0. The number of benzene rings is 4. The normalized spacial score (nSPS) is 7.36. The largest absolute Gasteiger partial charge is 0.234 e. The van der Waals surface area contributed by atoms with Crippen molar-refractivity contribution in [1.82, 2.24) is 29.2 Å². The van der Waals surface area contributed by atoms with Crippen molar-refractivity contribution in [3.63, 3.8) is 0 Å². The molecule has 0 unspecified atom stereocenters. The van der Waals surface area contributed by atoms with Crippen molar-refractivity contribution >= 4 is 11.3 Å². The van der Waals surface area contributed by atoms with Gasteiger partial charge in [0.15, 0.2) is 11.3 Å². The van der Waals surface area contributed by atoms with Gasteiger partial charge in [-0.1, -0.05) is 320 Å². The topological polar surface area (TPSA) is 60.4 Å². The number of hydrogen-bond donors (Lipinski definition) is 0. The average molecular weight is 1030 g/mol. The Hall–Kier alpha value is -6.76. The van der Waals surface area contributed by atoms with Gasteiger partial charge in [-0.05, 0) is 60.4 Å². The second kappa shape index (κ2) is 84.1. The van der Waals surface area contributed by atoms with Crippen LogP contribution in [0.5, 0.6) is 0 Å². The molecule has 0 N–H and O–H groups in total. The van der Waals surface area contributed by atoms with E-state index in [0.717, 1.165) is 33.8 Å². The highest BCUT2D eigenvalue weighted by atomic mass is 15.3. The van der Waals surface area contributed by atoms with Crippen molar-refractivity contribution in [3.8, 4) is 23.7 Å². The summed E-state index contributed by atoms with van der Waals surface area (Å²) < 4.78 is 3.46. The molecule has 0 amide bonds. The minimum Gasteiger partial charge on any atom is -0.234 e. The second-order valence-electron chi connectivity index (χ2n) is 12.2. The molecule has 4 aromatic heterocycles. The van der Waals surface area contributed by atoms with Crippen LogP contribution in [-0.2, 0) is 0 Å². The fourth-order valence-electron chi connectivity index (χ4n) is 3.91. The number of nitrogens with zero attached hydrogens (tertiary/aromatic N) is 6. The van der Waals surface area contributed by atoms with Gasteiger partial charge < -0.3 is 0 Å². The molecule has 0 bridgehead atoms. The lowest BCUT2D eigenvalue weighted by molar-refractivity contribution is 0.923. The van der Waals surface area contributed by atoms with Crippen LogP contribution in [0.3, 0.4) is 0 Å². The molecule has 4 aromatic carbocycles. The van der Waals surface area contributed by atoms with Crippen LogP contribution in [0.1, 0.15) is 223 Å². The molecule has 0 fully saturated rings. The summed E-state index contributed by atoms with van der Waals surface area (Å²) >= 11 is 0. The molecule has 422 valence electrons. The Morgan fingerprint density at radius 3 is 0.720 bits per heavy atom. The molecule has 6 heteroatoms. The Bertz CT molecular complexity index is 2010. The van der Waals surface area contributed by atoms with Crippen molar-refractivity contribution in [2.45, 2.75) is 199 Å². The maximum Gasteiger partial charge on any atom is 0.154 e. The van der Waals surface area contributed by atoms with Gasteiger partial charge in [-0.2, -0.15) is 10.2 Å². The summed E-state index contributed by atoms with van der Waals surface area (Å²) in [5.74, 6) is 12.3. The first-order valence-electron chi connectivity index (χ1n) is 28.2. The van der Waals surface area contributed by atoms with E-state index in [9.17, 15) is 0 Å². The molecule has 0 atom stereocenters. The first-order chi connectivity index (χ1) is 36.5. The van der Waals surface area contributed by atoms with Gasteiger partial charge in [-0.25, -0.2) is 19.0 Å². The van der Waals surface area contributed by atoms with Crippen molar-refractivity contribution in [3.05, 3.63) is 205 Å². The standard InChI is InChI=1S/2C14H9N3.2C6H6.4C3H8.8C2H6.CH4.H2/c2*1-2-5-12(6-3-1)8-9-13-11-15-14-7-4-10-16-17(13)14;2*1-2-4-6-5-3-1;4*1-3-2;8*1-2;;/h2*1-7,10-11H;2*1-6H;4*3H2,1-2H3;8*1-2H3;1H4;1H/i;;;;;;;;;;;;;;;;;1+1. The first kappa shape index (κ1) is 87.9. The molecule has 6 nitrogen and oxygen atoms in total. The van der Waals surface area contributed by atoms with Crippen molar-refractivity contribution < 1.29 is 1.43 Å². The fraction of sp³-hybridized carbons (Fsp3) is 0.420. The Kier molecular flexibility index (Phi) is 98.5. The third-order valence-corrected chi connectivity index (χ3v) is 6.11. The van der Waals surface area contributed by atoms with Gasteiger partial charge in [-0.15, -0.1) is 0 Å². The van der Waals surface area contributed by atoms with Crippen LogP contribution >= 0.6 is 0 Å². The van der Waals surface area contributed by atoms with Crippen LogP contribution in [0.2, 0.25) is 0 Å². The molecule has 0 aliphatic carbocycles. The highest BCUT2D eigenvalue weighted by molar-refractivity contribution is 5.47. The van der Waals surface area contributed by atoms with E-state index in [1.54, 1.807) is 33.8 Å². The summed E-state index contributed by atoms with van der Waals surface area (Å²) in [6, 6.07) is 51.2. The summed E-state index contributed by atoms with van der Waals surface area (Å²) in [7, 11) is 0. The molecular weight excluding hydrogens is 913 g/mol. The summed E-state index contributed by atoms with van der Waals surface area (Å²) in [4.78, 5) is 8.46. The lowest BCUT2D eigenvalue weighted by Gasteiger charge is -1.91. The second-order valence-corrected chi connectivity index (χ2v) is 12.2. The maximum absolute atomic E-state index is 4.23. The average Bonchev–Trinajstić information content (AvgIpc) is 4.13. The van der Waals surface area contributed by atoms with Crippen LogP contribution in [0.4, 0.5) is 0 Å². The lowest BCUT2D eigenvalue weighted by atomic mass is 10.2. The summed E-state index contributed by atoms with van der Waals surface area (Å²) in [6.07, 6.45) is 11.9. The van der Waals surface area contributed by atoms with Gasteiger partial charge in [0.05, 0.1) is 12.4 Å². The number of aromatic nitrogens is 6. The Morgan fingerprint density at radius 2 is 0.507 bits per heavy atom. The number of fused-ring (bicyclic) bond motifs is 2. The predicted octanol–water partition coefficient (Wildman–Crippen LogP) is 22.4. The molecular formula is C69H116N6. The lowest BCUT2D eigenvalue weighted by Crippen LogP contribution is -1.92. The van der Waals surface area contributed by atoms with E-state index in [2.05, 4.69) is 99.2 Å². The quantitative estimate of drug-likeness (QED) is 0.142. The van der Waals surface area contributed by atoms with Gasteiger partial charge in [0.1, 0.15) is 11.4 Å². The molecule has 0 aliphatic rings. The van der Waals surface area contributed by atoms with E-state index in [4.69, 9.17) is 0 Å². The van der Waals surface area contributed by atoms with Crippen LogP contribution in [-0.4, -0.2) is 29.2 Å². The van der Waals surface area contributed by atoms with Crippen LogP contribution < -0.4 is 0 Å². The molecule has 0 saturated carbocycles. The Morgan fingerprint density at radius 1 is 0.307 bits per heavy atom. The van der Waals surface area contributed by atoms with E-state index < -0.39 is 0 Å². The van der Waals surface area contributed by atoms with Gasteiger partial charge in [0.2, 0.25) is 0 Å². The van der Waals surface area contributed by atoms with Crippen molar-refractivity contribution in [2.24, 2.45) is 0 Å². The van der Waals surface area contributed by atoms with Crippen molar-refractivity contribution in [1.29, 1.82) is 0 Å². The summed E-state index contributed by atoms with van der Waals surface area (Å²) in [5, 5.41) is 8.41. The van der Waals surface area contributed by atoms with Crippen LogP contribution in [0, 0.1) is 23.7 Å². The number of hydrogen-bond acceptors (Lipinski definition) is 4. The zero-order valence-corrected chi connectivity index (χ0v) is 51.8. The van der Waals surface area contributed by atoms with Crippen LogP contribution in [0.25, 0.3) is 11.3 Å². The third kappa shape index (κ3) is 56.4. The van der Waals surface area contributed by atoms with Crippen molar-refractivity contribution in [2.75, 3.05) is 0 Å². The van der Waals surface area contributed by atoms with E-state index in [-0.39, 0.29) is 8.85 Å². The number of rotatable bonds is 0. The molecule has 8 aromatic rings. The van der Waals surface area contributed by atoms with Crippen LogP contribution in [0.15, 0.2) is 183 Å². The first-order valence-corrected chi connectivity index (χ1v) is 28.2. The van der Waals surface area contributed by atoms with Gasteiger partial charge in [0, 0.05) is 24.9 Å². The molecule has 0 radical (unpaired) electrons. The third-order valence-electron chi connectivity index (χ3n) is 6.11. The van der Waals surface area contributed by atoms with E-state index in [0.29, 0.717) is 0 Å². The minimum atomic E-state index is 0. The van der Waals surface area contributed by atoms with Gasteiger partial charge in [-0.3, -0.25) is 0 Å². The molecule has 0 spiro atoms.